The van der Waals surface area contributed by atoms with E-state index in [1.807, 2.05) is 30.3 Å². The van der Waals surface area contributed by atoms with Crippen molar-refractivity contribution in [3.8, 4) is 11.5 Å². The summed E-state index contributed by atoms with van der Waals surface area (Å²) >= 11 is 0. The predicted octanol–water partition coefficient (Wildman–Crippen LogP) is 3.23. The number of aromatic hydroxyl groups is 2. The van der Waals surface area contributed by atoms with Crippen LogP contribution in [0.4, 0.5) is 0 Å². The molecule has 8 heteroatoms. The van der Waals surface area contributed by atoms with Crippen molar-refractivity contribution in [2.24, 2.45) is 11.8 Å². The van der Waals surface area contributed by atoms with Gasteiger partial charge in [-0.05, 0) is 53.8 Å². The molecule has 3 aromatic rings. The van der Waals surface area contributed by atoms with Crippen molar-refractivity contribution in [2.75, 3.05) is 0 Å². The second-order valence-electron chi connectivity index (χ2n) is 10.00. The smallest absolute Gasteiger partial charge is 0.325 e. The minimum Gasteiger partial charge on any atom is -0.508 e. The van der Waals surface area contributed by atoms with Crippen LogP contribution in [0.2, 0.25) is 0 Å². The summed E-state index contributed by atoms with van der Waals surface area (Å²) in [6.45, 7) is 3.53. The number of carboxylic acids is 1. The highest BCUT2D eigenvalue weighted by atomic mass is 16.4. The quantitative estimate of drug-likeness (QED) is 0.383. The van der Waals surface area contributed by atoms with E-state index in [2.05, 4.69) is 5.32 Å². The van der Waals surface area contributed by atoms with Crippen LogP contribution in [0.5, 0.6) is 11.5 Å². The summed E-state index contributed by atoms with van der Waals surface area (Å²) in [5, 5.41) is 33.8. The molecule has 190 valence electrons. The van der Waals surface area contributed by atoms with Gasteiger partial charge in [0, 0.05) is 12.5 Å². The molecule has 4 unspecified atom stereocenters. The summed E-state index contributed by atoms with van der Waals surface area (Å²) < 4.78 is 0. The van der Waals surface area contributed by atoms with Gasteiger partial charge < -0.3 is 15.3 Å². The van der Waals surface area contributed by atoms with Crippen molar-refractivity contribution in [2.45, 2.75) is 38.4 Å². The van der Waals surface area contributed by atoms with Gasteiger partial charge in [0.15, 0.2) is 0 Å². The maximum absolute atomic E-state index is 13.9. The number of phenolic OH excluding ortho intramolecular Hbond substituents is 2. The molecule has 2 heterocycles. The highest BCUT2D eigenvalue weighted by Crippen LogP contribution is 2.51. The molecule has 0 aromatic heterocycles. The monoisotopic (exact) mass is 500 g/mol. The topological polar surface area (TPSA) is 127 Å². The lowest BCUT2D eigenvalue weighted by molar-refractivity contribution is -0.151. The van der Waals surface area contributed by atoms with Gasteiger partial charge in [-0.2, -0.15) is 0 Å². The van der Waals surface area contributed by atoms with Crippen LogP contribution in [0.3, 0.4) is 0 Å². The Bertz CT molecular complexity index is 1360. The van der Waals surface area contributed by atoms with Crippen molar-refractivity contribution in [1.82, 2.24) is 10.2 Å². The van der Waals surface area contributed by atoms with Crippen molar-refractivity contribution in [3.05, 3.63) is 94.5 Å². The zero-order chi connectivity index (χ0) is 26.5. The molecule has 2 aliphatic heterocycles. The molecule has 37 heavy (non-hydrogen) atoms. The fourth-order valence-corrected chi connectivity index (χ4v) is 5.81. The summed E-state index contributed by atoms with van der Waals surface area (Å²) in [5.41, 5.74) is 1.44. The van der Waals surface area contributed by atoms with Gasteiger partial charge in [-0.15, -0.1) is 0 Å². The first-order chi connectivity index (χ1) is 17.6. The highest BCUT2D eigenvalue weighted by Gasteiger charge is 2.68. The summed E-state index contributed by atoms with van der Waals surface area (Å²) in [5.74, 6) is -4.09. The fourth-order valence-electron chi connectivity index (χ4n) is 5.81. The molecule has 2 aliphatic rings. The normalized spacial score (nSPS) is 24.9. The molecular weight excluding hydrogens is 472 g/mol. The van der Waals surface area contributed by atoms with E-state index in [0.29, 0.717) is 22.3 Å². The van der Waals surface area contributed by atoms with Gasteiger partial charge in [0.2, 0.25) is 11.8 Å². The maximum atomic E-state index is 13.9. The number of likely N-dealkylation sites (tertiary alicyclic amines) is 1. The van der Waals surface area contributed by atoms with Crippen LogP contribution in [0, 0.1) is 25.7 Å². The van der Waals surface area contributed by atoms with Crippen LogP contribution >= 0.6 is 0 Å². The molecule has 0 saturated carbocycles. The van der Waals surface area contributed by atoms with E-state index in [9.17, 15) is 29.7 Å². The van der Waals surface area contributed by atoms with E-state index in [1.54, 1.807) is 38.1 Å². The molecule has 4 N–H and O–H groups in total. The van der Waals surface area contributed by atoms with Crippen LogP contribution < -0.4 is 5.32 Å². The largest absolute Gasteiger partial charge is 0.508 e. The zero-order valence-electron chi connectivity index (χ0n) is 20.5. The lowest BCUT2D eigenvalue weighted by Gasteiger charge is -2.31. The number of imide groups is 1. The minimum absolute atomic E-state index is 0.0412. The summed E-state index contributed by atoms with van der Waals surface area (Å²) in [4.78, 5) is 41.8. The van der Waals surface area contributed by atoms with Crippen molar-refractivity contribution >= 4 is 17.8 Å². The number of aryl methyl sites for hydroxylation is 2. The van der Waals surface area contributed by atoms with Gasteiger partial charge in [-0.3, -0.25) is 24.6 Å². The van der Waals surface area contributed by atoms with Gasteiger partial charge in [-0.25, -0.2) is 0 Å². The number of carboxylic acid groups (broad SMARTS) is 1. The number of phenols is 2. The molecule has 8 nitrogen and oxygen atoms in total. The second-order valence-corrected chi connectivity index (χ2v) is 10.00. The third kappa shape index (κ3) is 4.03. The molecule has 3 aromatic carbocycles. The van der Waals surface area contributed by atoms with E-state index in [4.69, 9.17) is 0 Å². The van der Waals surface area contributed by atoms with E-state index in [1.165, 1.54) is 17.0 Å². The first kappa shape index (κ1) is 24.5. The van der Waals surface area contributed by atoms with E-state index < -0.39 is 41.2 Å². The lowest BCUT2D eigenvalue weighted by Crippen LogP contribution is -2.57. The van der Waals surface area contributed by atoms with E-state index >= 15 is 0 Å². The number of fused-ring (bicyclic) bond motifs is 1. The van der Waals surface area contributed by atoms with Gasteiger partial charge in [0.1, 0.15) is 17.0 Å². The van der Waals surface area contributed by atoms with Crippen LogP contribution in [0.15, 0.2) is 66.7 Å². The minimum atomic E-state index is -1.76. The fraction of sp³-hybridized carbons (Fsp3) is 0.276. The molecule has 5 rings (SSSR count). The van der Waals surface area contributed by atoms with E-state index in [0.717, 1.165) is 5.56 Å². The van der Waals surface area contributed by atoms with Crippen LogP contribution in [0.1, 0.15) is 33.9 Å². The van der Waals surface area contributed by atoms with Gasteiger partial charge in [0.25, 0.3) is 0 Å². The molecule has 4 atom stereocenters. The van der Waals surface area contributed by atoms with Crippen LogP contribution in [-0.4, -0.2) is 43.5 Å². The van der Waals surface area contributed by atoms with Crippen molar-refractivity contribution in [3.63, 3.8) is 0 Å². The molecule has 2 saturated heterocycles. The standard InChI is InChI=1S/C29H28N2O6/c1-16-12-20(13-17(2)25(16)33)24-22-23(27(35)31(26(22)34)15-19-6-4-3-5-7-19)29(30-24,28(36)37)14-18-8-10-21(32)11-9-18/h3-13,22-24,30,32-33H,14-15H2,1-2H3,(H,36,37). The number of carbonyl (C=O) groups excluding carboxylic acids is 2. The Balaban J connectivity index is 1.63. The predicted molar refractivity (Wildman–Crippen MR) is 135 cm³/mol. The maximum Gasteiger partial charge on any atom is 0.325 e. The Labute approximate surface area is 214 Å². The average molecular weight is 501 g/mol. The third-order valence-electron chi connectivity index (χ3n) is 7.60. The Hall–Kier alpha value is -4.17. The lowest BCUT2D eigenvalue weighted by atomic mass is 9.76. The number of hydrogen-bond acceptors (Lipinski definition) is 6. The average Bonchev–Trinajstić information content (AvgIpc) is 3.34. The molecule has 0 aliphatic carbocycles. The number of hydrogen-bond donors (Lipinski definition) is 4. The second kappa shape index (κ2) is 9.05. The number of amides is 2. The number of nitrogens with one attached hydrogen (secondary N) is 1. The summed E-state index contributed by atoms with van der Waals surface area (Å²) in [6.07, 6.45) is -0.0610. The van der Waals surface area contributed by atoms with Gasteiger partial charge in [-0.1, -0.05) is 54.6 Å². The number of nitrogens with zero attached hydrogens (tertiary/aromatic N) is 1. The Morgan fingerprint density at radius 1 is 0.919 bits per heavy atom. The first-order valence-electron chi connectivity index (χ1n) is 12.1. The molecule has 0 bridgehead atoms. The van der Waals surface area contributed by atoms with Crippen molar-refractivity contribution < 1.29 is 29.7 Å². The summed E-state index contributed by atoms with van der Waals surface area (Å²) in [7, 11) is 0. The molecule has 2 fully saturated rings. The number of carbonyl (C=O) groups is 3. The SMILES string of the molecule is Cc1cc(C2NC(Cc3ccc(O)cc3)(C(=O)O)C3C(=O)N(Cc4ccccc4)C(=O)C23)cc(C)c1O. The van der Waals surface area contributed by atoms with Gasteiger partial charge >= 0.3 is 5.97 Å². The molecular formula is C29H28N2O6. The van der Waals surface area contributed by atoms with Gasteiger partial charge in [0.05, 0.1) is 18.4 Å². The molecule has 2 amide bonds. The number of benzene rings is 3. The van der Waals surface area contributed by atoms with Crippen LogP contribution in [-0.2, 0) is 27.3 Å². The van der Waals surface area contributed by atoms with E-state index in [-0.39, 0.29) is 24.5 Å². The molecule has 0 spiro atoms. The Morgan fingerprint density at radius 2 is 1.54 bits per heavy atom. The number of rotatable bonds is 6. The van der Waals surface area contributed by atoms with Crippen molar-refractivity contribution in [1.29, 1.82) is 0 Å². The zero-order valence-corrected chi connectivity index (χ0v) is 20.5. The third-order valence-corrected chi connectivity index (χ3v) is 7.60. The Kier molecular flexibility index (Phi) is 6.00. The van der Waals surface area contributed by atoms with Crippen LogP contribution in [0.25, 0.3) is 0 Å². The summed E-state index contributed by atoms with van der Waals surface area (Å²) in [6, 6.07) is 18.0. The molecule has 0 radical (unpaired) electrons. The Morgan fingerprint density at radius 3 is 2.14 bits per heavy atom. The first-order valence-corrected chi connectivity index (χ1v) is 12.1. The number of aliphatic carboxylic acids is 1. The highest BCUT2D eigenvalue weighted by molar-refractivity contribution is 6.09.